The summed E-state index contributed by atoms with van der Waals surface area (Å²) in [7, 11) is -4.87. The molecule has 5 nitrogen and oxygen atoms in total. The minimum Gasteiger partial charge on any atom is -0.463 e. The molecular formula is C15H17ClFNO4S. The van der Waals surface area contributed by atoms with Gasteiger partial charge in [-0.05, 0) is 44.3 Å². The van der Waals surface area contributed by atoms with Crippen LogP contribution in [0.25, 0.3) is 0 Å². The van der Waals surface area contributed by atoms with Crippen molar-refractivity contribution in [2.24, 2.45) is 0 Å². The predicted octanol–water partition coefficient (Wildman–Crippen LogP) is 3.26. The van der Waals surface area contributed by atoms with E-state index < -0.39 is 51.8 Å². The predicted molar refractivity (Wildman–Crippen MR) is 86.3 cm³/mol. The first kappa shape index (κ1) is 11.9. The van der Waals surface area contributed by atoms with Gasteiger partial charge in [0.25, 0.3) is 0 Å². The second-order valence-electron chi connectivity index (χ2n) is 4.43. The summed E-state index contributed by atoms with van der Waals surface area (Å²) >= 11 is 5.80. The summed E-state index contributed by atoms with van der Waals surface area (Å²) in [4.78, 5) is 12.3. The van der Waals surface area contributed by atoms with Gasteiger partial charge >= 0.3 is 5.97 Å². The lowest BCUT2D eigenvalue weighted by atomic mass is 9.99. The molecule has 0 saturated heterocycles. The maximum atomic E-state index is 13.2. The summed E-state index contributed by atoms with van der Waals surface area (Å²) in [5.41, 5.74) is -1.15. The fraction of sp³-hybridized carbons (Fsp3) is 0.400. The maximum absolute atomic E-state index is 13.2. The van der Waals surface area contributed by atoms with Gasteiger partial charge in [-0.2, -0.15) is 0 Å². The van der Waals surface area contributed by atoms with Gasteiger partial charge in [0.1, 0.15) is 11.0 Å². The molecule has 126 valence electrons. The molecule has 1 atom stereocenters. The molecule has 0 aliphatic heterocycles. The molecule has 0 saturated carbocycles. The van der Waals surface area contributed by atoms with E-state index in [2.05, 4.69) is 0 Å². The van der Waals surface area contributed by atoms with Crippen molar-refractivity contribution in [1.29, 1.82) is 0 Å². The number of benzene rings is 1. The summed E-state index contributed by atoms with van der Waals surface area (Å²) in [6.07, 6.45) is -6.23. The van der Waals surface area contributed by atoms with Crippen LogP contribution in [0.15, 0.2) is 29.8 Å². The Bertz CT molecular complexity index is 940. The van der Waals surface area contributed by atoms with E-state index in [1.54, 1.807) is 0 Å². The van der Waals surface area contributed by atoms with Crippen LogP contribution in [0.3, 0.4) is 0 Å². The first-order valence-corrected chi connectivity index (χ1v) is 8.41. The standard InChI is InChI=1S/C15H17ClFNO4S/c1-2-22-15(19)11-5-3-4-6-14(11)23(20,21)18-13-8-7-10(17)9-12(13)16/h5,7-9,14,18H,2-4,6H2,1H3/t14-/m1/s1/i3D2,4D2,14D. The van der Waals surface area contributed by atoms with Gasteiger partial charge in [0.05, 0.1) is 24.3 Å². The molecule has 1 N–H and O–H groups in total. The smallest absolute Gasteiger partial charge is 0.335 e. The highest BCUT2D eigenvalue weighted by atomic mass is 35.5. The molecule has 0 aromatic heterocycles. The van der Waals surface area contributed by atoms with E-state index >= 15 is 0 Å². The number of halogens is 2. The van der Waals surface area contributed by atoms with Crippen LogP contribution in [0, 0.1) is 5.82 Å². The quantitative estimate of drug-likeness (QED) is 0.812. The number of ether oxygens (including phenoxy) is 1. The van der Waals surface area contributed by atoms with Crippen LogP contribution in [0.2, 0.25) is 5.02 Å². The molecule has 0 bridgehead atoms. The fourth-order valence-corrected chi connectivity index (χ4v) is 3.39. The van der Waals surface area contributed by atoms with Crippen molar-refractivity contribution in [2.45, 2.75) is 31.3 Å². The third-order valence-electron chi connectivity index (χ3n) is 2.86. The Balaban J connectivity index is 2.61. The Morgan fingerprint density at radius 1 is 1.61 bits per heavy atom. The van der Waals surface area contributed by atoms with Crippen LogP contribution in [-0.2, 0) is 19.6 Å². The summed E-state index contributed by atoms with van der Waals surface area (Å²) < 4.78 is 85.5. The van der Waals surface area contributed by atoms with Crippen LogP contribution in [0.1, 0.15) is 32.9 Å². The number of carbonyl (C=O) groups is 1. The molecule has 0 amide bonds. The highest BCUT2D eigenvalue weighted by Gasteiger charge is 2.35. The molecule has 1 aliphatic rings. The molecule has 23 heavy (non-hydrogen) atoms. The second-order valence-corrected chi connectivity index (χ2v) is 6.54. The number of hydrogen-bond donors (Lipinski definition) is 1. The van der Waals surface area contributed by atoms with E-state index in [-0.39, 0.29) is 17.3 Å². The summed E-state index contributed by atoms with van der Waals surface area (Å²) in [5.74, 6) is -1.99. The van der Waals surface area contributed by atoms with Crippen molar-refractivity contribution >= 4 is 33.3 Å². The lowest BCUT2D eigenvalue weighted by Gasteiger charge is -2.24. The molecule has 2 rings (SSSR count). The third-order valence-corrected chi connectivity index (χ3v) is 4.68. The zero-order valence-electron chi connectivity index (χ0n) is 17.0. The van der Waals surface area contributed by atoms with Gasteiger partial charge in [-0.3, -0.25) is 4.72 Å². The van der Waals surface area contributed by atoms with Gasteiger partial charge in [-0.1, -0.05) is 17.7 Å². The molecular weight excluding hydrogens is 345 g/mol. The van der Waals surface area contributed by atoms with E-state index in [9.17, 15) is 17.6 Å². The minimum atomic E-state index is -4.87. The van der Waals surface area contributed by atoms with Crippen molar-refractivity contribution in [3.8, 4) is 0 Å². The minimum absolute atomic E-state index is 0.167. The number of hydrogen-bond acceptors (Lipinski definition) is 4. The average Bonchev–Trinajstić information content (AvgIpc) is 2.53. The number of nitrogens with one attached hydrogen (secondary N) is 1. The Morgan fingerprint density at radius 2 is 2.35 bits per heavy atom. The van der Waals surface area contributed by atoms with Gasteiger partial charge < -0.3 is 4.74 Å². The highest BCUT2D eigenvalue weighted by Crippen LogP contribution is 2.30. The molecule has 1 aromatic carbocycles. The van der Waals surface area contributed by atoms with E-state index in [4.69, 9.17) is 23.2 Å². The largest absolute Gasteiger partial charge is 0.463 e. The molecule has 0 spiro atoms. The van der Waals surface area contributed by atoms with Crippen LogP contribution in [0.4, 0.5) is 10.1 Å². The number of allylic oxidation sites excluding steroid dienone is 1. The van der Waals surface area contributed by atoms with Gasteiger partial charge in [0.15, 0.2) is 0 Å². The molecule has 0 radical (unpaired) electrons. The topological polar surface area (TPSA) is 72.5 Å². The van der Waals surface area contributed by atoms with E-state index in [0.717, 1.165) is 18.2 Å². The molecule has 8 heteroatoms. The van der Waals surface area contributed by atoms with Gasteiger partial charge in [0.2, 0.25) is 10.0 Å². The summed E-state index contributed by atoms with van der Waals surface area (Å²) in [6.45, 7) is 1.27. The van der Waals surface area contributed by atoms with E-state index in [0.29, 0.717) is 6.08 Å². The Morgan fingerprint density at radius 3 is 3.00 bits per heavy atom. The Labute approximate surface area is 146 Å². The molecule has 0 fully saturated rings. The second kappa shape index (κ2) is 7.31. The van der Waals surface area contributed by atoms with E-state index in [1.807, 2.05) is 4.72 Å². The monoisotopic (exact) mass is 366 g/mol. The Hall–Kier alpha value is -1.60. The zero-order valence-corrected chi connectivity index (χ0v) is 13.6. The average molecular weight is 367 g/mol. The lowest BCUT2D eigenvalue weighted by Crippen LogP contribution is -2.34. The normalized spacial score (nSPS) is 29.0. The Kier molecular flexibility index (Phi) is 3.77. The van der Waals surface area contributed by atoms with Crippen LogP contribution >= 0.6 is 11.6 Å². The van der Waals surface area contributed by atoms with Gasteiger partial charge in [-0.15, -0.1) is 0 Å². The number of esters is 1. The highest BCUT2D eigenvalue weighted by molar-refractivity contribution is 7.93. The lowest BCUT2D eigenvalue weighted by molar-refractivity contribution is -0.138. The summed E-state index contributed by atoms with van der Waals surface area (Å²) in [6, 6.07) is 2.75. The van der Waals surface area contributed by atoms with Crippen LogP contribution < -0.4 is 4.72 Å². The van der Waals surface area contributed by atoms with Crippen LogP contribution in [-0.4, -0.2) is 26.2 Å². The summed E-state index contributed by atoms with van der Waals surface area (Å²) in [5, 5.41) is -3.24. The number of rotatable bonds is 5. The molecule has 1 aliphatic carbocycles. The van der Waals surface area contributed by atoms with Crippen molar-refractivity contribution in [3.05, 3.63) is 40.7 Å². The number of sulfonamides is 1. The zero-order chi connectivity index (χ0) is 21.5. The fourth-order valence-electron chi connectivity index (χ4n) is 1.83. The van der Waals surface area contributed by atoms with Crippen LogP contribution in [0.5, 0.6) is 0 Å². The maximum Gasteiger partial charge on any atom is 0.335 e. The van der Waals surface area contributed by atoms with Crippen molar-refractivity contribution < 1.29 is 29.2 Å². The number of carbonyl (C=O) groups excluding carboxylic acids is 1. The van der Waals surface area contributed by atoms with Crippen molar-refractivity contribution in [2.75, 3.05) is 11.3 Å². The first-order valence-electron chi connectivity index (χ1n) is 9.05. The van der Waals surface area contributed by atoms with Gasteiger partial charge in [0, 0.05) is 5.48 Å². The van der Waals surface area contributed by atoms with E-state index in [1.165, 1.54) is 6.92 Å². The third kappa shape index (κ3) is 4.23. The van der Waals surface area contributed by atoms with Crippen molar-refractivity contribution in [1.82, 2.24) is 0 Å². The number of anilines is 1. The molecule has 0 heterocycles. The SMILES string of the molecule is [2H]C1([2H])C=C(C(=O)OCC)[C@]([2H])(S(=O)(=O)Nc2ccc(F)cc2Cl)CC1([2H])[2H]. The van der Waals surface area contributed by atoms with Crippen molar-refractivity contribution in [3.63, 3.8) is 0 Å². The molecule has 1 aromatic rings. The first-order chi connectivity index (χ1) is 12.7. The van der Waals surface area contributed by atoms with Gasteiger partial charge in [-0.25, -0.2) is 17.6 Å². The molecule has 0 unspecified atom stereocenters.